The van der Waals surface area contributed by atoms with Gasteiger partial charge >= 0.3 is 0 Å². The second-order valence-electron chi connectivity index (χ2n) is 8.58. The van der Waals surface area contributed by atoms with Crippen molar-refractivity contribution < 1.29 is 14.3 Å². The standard InChI is InChI=1S/C21H33N5O3/c27-20(17-6-2-1-3-7-17)26-10-5-4-8-18(26)9-11-25-16-19(22-23-25)21(28)24-12-14-29-15-13-24/h16-18H,1-15H2. The third-order valence-electron chi connectivity index (χ3n) is 6.61. The highest BCUT2D eigenvalue weighted by Gasteiger charge is 2.32. The van der Waals surface area contributed by atoms with Gasteiger partial charge in [0, 0.05) is 38.1 Å². The molecule has 1 saturated carbocycles. The number of amides is 2. The maximum absolute atomic E-state index is 13.1. The molecular formula is C21H33N5O3. The molecule has 29 heavy (non-hydrogen) atoms. The number of carbonyl (C=O) groups excluding carboxylic acids is 2. The van der Waals surface area contributed by atoms with Gasteiger partial charge in [-0.15, -0.1) is 5.10 Å². The van der Waals surface area contributed by atoms with Gasteiger partial charge in [0.25, 0.3) is 5.91 Å². The summed E-state index contributed by atoms with van der Waals surface area (Å²) >= 11 is 0. The topological polar surface area (TPSA) is 80.6 Å². The number of aromatic nitrogens is 3. The fourth-order valence-electron chi connectivity index (χ4n) is 4.89. The monoisotopic (exact) mass is 403 g/mol. The van der Waals surface area contributed by atoms with E-state index in [1.807, 2.05) is 0 Å². The van der Waals surface area contributed by atoms with Crippen molar-refractivity contribution in [3.05, 3.63) is 11.9 Å². The van der Waals surface area contributed by atoms with Gasteiger partial charge in [-0.25, -0.2) is 0 Å². The molecule has 1 unspecified atom stereocenters. The van der Waals surface area contributed by atoms with Crippen molar-refractivity contribution in [2.24, 2.45) is 5.92 Å². The number of morpholine rings is 1. The van der Waals surface area contributed by atoms with E-state index in [1.54, 1.807) is 15.8 Å². The van der Waals surface area contributed by atoms with Gasteiger partial charge in [0.15, 0.2) is 5.69 Å². The van der Waals surface area contributed by atoms with Gasteiger partial charge < -0.3 is 14.5 Å². The Kier molecular flexibility index (Phi) is 6.79. The Morgan fingerprint density at radius 1 is 1.00 bits per heavy atom. The molecule has 0 N–H and O–H groups in total. The van der Waals surface area contributed by atoms with Crippen molar-refractivity contribution in [3.63, 3.8) is 0 Å². The highest BCUT2D eigenvalue weighted by molar-refractivity contribution is 5.92. The summed E-state index contributed by atoms with van der Waals surface area (Å²) in [5.74, 6) is 0.524. The number of carbonyl (C=O) groups is 2. The SMILES string of the molecule is O=C(c1cn(CCC2CCCCN2C(=O)C2CCCCC2)nn1)N1CCOCC1. The van der Waals surface area contributed by atoms with Gasteiger partial charge in [-0.2, -0.15) is 0 Å². The maximum Gasteiger partial charge on any atom is 0.276 e. The van der Waals surface area contributed by atoms with Gasteiger partial charge in [0.05, 0.1) is 19.4 Å². The van der Waals surface area contributed by atoms with Gasteiger partial charge in [0.2, 0.25) is 5.91 Å². The minimum Gasteiger partial charge on any atom is -0.378 e. The zero-order chi connectivity index (χ0) is 20.1. The largest absolute Gasteiger partial charge is 0.378 e. The lowest BCUT2D eigenvalue weighted by Crippen LogP contribution is -2.47. The van der Waals surface area contributed by atoms with E-state index in [2.05, 4.69) is 15.2 Å². The molecule has 160 valence electrons. The molecule has 0 radical (unpaired) electrons. The summed E-state index contributed by atoms with van der Waals surface area (Å²) in [6, 6.07) is 0.278. The number of hydrogen-bond donors (Lipinski definition) is 0. The summed E-state index contributed by atoms with van der Waals surface area (Å²) < 4.78 is 7.06. The van der Waals surface area contributed by atoms with Crippen LogP contribution in [-0.2, 0) is 16.1 Å². The molecule has 8 nitrogen and oxygen atoms in total. The molecule has 2 saturated heterocycles. The lowest BCUT2D eigenvalue weighted by molar-refractivity contribution is -0.140. The number of nitrogens with zero attached hydrogens (tertiary/aromatic N) is 5. The van der Waals surface area contributed by atoms with Crippen molar-refractivity contribution in [2.45, 2.75) is 70.4 Å². The lowest BCUT2D eigenvalue weighted by Gasteiger charge is -2.38. The third-order valence-corrected chi connectivity index (χ3v) is 6.61. The first-order valence-corrected chi connectivity index (χ1v) is 11.3. The second-order valence-corrected chi connectivity index (χ2v) is 8.58. The summed E-state index contributed by atoms with van der Waals surface area (Å²) in [5, 5.41) is 8.24. The van der Waals surface area contributed by atoms with Crippen LogP contribution < -0.4 is 0 Å². The van der Waals surface area contributed by atoms with Crippen LogP contribution >= 0.6 is 0 Å². The highest BCUT2D eigenvalue weighted by Crippen LogP contribution is 2.29. The number of rotatable bonds is 5. The molecule has 3 heterocycles. The zero-order valence-corrected chi connectivity index (χ0v) is 17.3. The first-order valence-electron chi connectivity index (χ1n) is 11.3. The van der Waals surface area contributed by atoms with Crippen LogP contribution in [0.2, 0.25) is 0 Å². The van der Waals surface area contributed by atoms with E-state index in [4.69, 9.17) is 4.74 Å². The van der Waals surface area contributed by atoms with Gasteiger partial charge in [0.1, 0.15) is 0 Å². The summed E-state index contributed by atoms with van der Waals surface area (Å²) in [6.07, 6.45) is 11.7. The van der Waals surface area contributed by atoms with Gasteiger partial charge in [-0.05, 0) is 38.5 Å². The molecule has 0 aromatic carbocycles. The van der Waals surface area contributed by atoms with Crippen molar-refractivity contribution in [1.82, 2.24) is 24.8 Å². The predicted octanol–water partition coefficient (Wildman–Crippen LogP) is 2.10. The molecule has 2 amide bonds. The van der Waals surface area contributed by atoms with E-state index in [0.29, 0.717) is 44.4 Å². The van der Waals surface area contributed by atoms with Crippen LogP contribution in [0.3, 0.4) is 0 Å². The predicted molar refractivity (Wildman–Crippen MR) is 107 cm³/mol. The molecule has 0 bridgehead atoms. The first kappa shape index (κ1) is 20.3. The minimum atomic E-state index is -0.0775. The lowest BCUT2D eigenvalue weighted by atomic mass is 9.87. The van der Waals surface area contributed by atoms with E-state index < -0.39 is 0 Å². The number of hydrogen-bond acceptors (Lipinski definition) is 5. The molecule has 1 aliphatic carbocycles. The van der Waals surface area contributed by atoms with Crippen LogP contribution in [0.25, 0.3) is 0 Å². The van der Waals surface area contributed by atoms with E-state index in [9.17, 15) is 9.59 Å². The van der Waals surface area contributed by atoms with Crippen LogP contribution in [0.1, 0.15) is 68.3 Å². The molecule has 8 heteroatoms. The normalized spacial score (nSPS) is 23.9. The molecule has 3 aliphatic rings. The van der Waals surface area contributed by atoms with Crippen molar-refractivity contribution in [2.75, 3.05) is 32.8 Å². The Labute approximate surface area is 172 Å². The van der Waals surface area contributed by atoms with E-state index >= 15 is 0 Å². The number of ether oxygens (including phenoxy) is 1. The Bertz CT molecular complexity index is 694. The fourth-order valence-corrected chi connectivity index (χ4v) is 4.89. The van der Waals surface area contributed by atoms with Crippen LogP contribution in [0.4, 0.5) is 0 Å². The summed E-state index contributed by atoms with van der Waals surface area (Å²) in [4.78, 5) is 29.5. The van der Waals surface area contributed by atoms with Crippen LogP contribution in [-0.4, -0.2) is 75.5 Å². The van der Waals surface area contributed by atoms with Crippen LogP contribution in [0, 0.1) is 5.92 Å². The molecule has 1 atom stereocenters. The van der Waals surface area contributed by atoms with Crippen molar-refractivity contribution in [1.29, 1.82) is 0 Å². The van der Waals surface area contributed by atoms with Crippen molar-refractivity contribution >= 4 is 11.8 Å². The maximum atomic E-state index is 13.1. The summed E-state index contributed by atoms with van der Waals surface area (Å²) in [5.41, 5.74) is 0.394. The fraction of sp³-hybridized carbons (Fsp3) is 0.810. The Morgan fingerprint density at radius 3 is 2.55 bits per heavy atom. The number of likely N-dealkylation sites (tertiary alicyclic amines) is 1. The van der Waals surface area contributed by atoms with Crippen LogP contribution in [0.15, 0.2) is 6.20 Å². The smallest absolute Gasteiger partial charge is 0.276 e. The zero-order valence-electron chi connectivity index (χ0n) is 17.3. The molecule has 1 aromatic heterocycles. The molecule has 4 rings (SSSR count). The summed E-state index contributed by atoms with van der Waals surface area (Å²) in [6.45, 7) is 3.93. The van der Waals surface area contributed by atoms with Gasteiger partial charge in [-0.3, -0.25) is 14.3 Å². The molecule has 2 aliphatic heterocycles. The number of aryl methyl sites for hydroxylation is 1. The molecule has 3 fully saturated rings. The molecule has 1 aromatic rings. The third kappa shape index (κ3) is 4.97. The first-order chi connectivity index (χ1) is 14.2. The Hall–Kier alpha value is -1.96. The second kappa shape index (κ2) is 9.69. The van der Waals surface area contributed by atoms with E-state index in [0.717, 1.165) is 38.6 Å². The van der Waals surface area contributed by atoms with E-state index in [-0.39, 0.29) is 17.9 Å². The van der Waals surface area contributed by atoms with Crippen molar-refractivity contribution in [3.8, 4) is 0 Å². The minimum absolute atomic E-state index is 0.0775. The summed E-state index contributed by atoms with van der Waals surface area (Å²) in [7, 11) is 0. The average Bonchev–Trinajstić information content (AvgIpc) is 3.27. The highest BCUT2D eigenvalue weighted by atomic mass is 16.5. The van der Waals surface area contributed by atoms with E-state index in [1.165, 1.54) is 25.7 Å². The Balaban J connectivity index is 1.33. The Morgan fingerprint density at radius 2 is 1.76 bits per heavy atom. The van der Waals surface area contributed by atoms with Crippen LogP contribution in [0.5, 0.6) is 0 Å². The molecular weight excluding hydrogens is 370 g/mol. The number of piperidine rings is 1. The average molecular weight is 404 g/mol. The molecule has 0 spiro atoms. The van der Waals surface area contributed by atoms with Gasteiger partial charge in [-0.1, -0.05) is 24.5 Å². The quantitative estimate of drug-likeness (QED) is 0.752.